The predicted molar refractivity (Wildman–Crippen MR) is 101 cm³/mol. The Labute approximate surface area is 165 Å². The number of rotatable bonds is 2. The number of nitrogens with zero attached hydrogens (tertiary/aromatic N) is 3. The summed E-state index contributed by atoms with van der Waals surface area (Å²) >= 11 is 0. The van der Waals surface area contributed by atoms with E-state index in [0.29, 0.717) is 22.6 Å². The van der Waals surface area contributed by atoms with Gasteiger partial charge < -0.3 is 11.1 Å². The number of hydrogen-bond donors (Lipinski definition) is 2. The second kappa shape index (κ2) is 6.65. The zero-order valence-corrected chi connectivity index (χ0v) is 15.5. The summed E-state index contributed by atoms with van der Waals surface area (Å²) in [5.74, 6) is 5.18. The van der Waals surface area contributed by atoms with E-state index in [4.69, 9.17) is 5.73 Å². The molecule has 4 rings (SSSR count). The number of amides is 2. The van der Waals surface area contributed by atoms with Gasteiger partial charge in [-0.15, -0.1) is 0 Å². The third kappa shape index (κ3) is 3.35. The van der Waals surface area contributed by atoms with E-state index in [1.54, 1.807) is 12.1 Å². The Balaban J connectivity index is 1.80. The zero-order chi connectivity index (χ0) is 20.8. The highest BCUT2D eigenvalue weighted by Gasteiger charge is 2.62. The summed E-state index contributed by atoms with van der Waals surface area (Å²) in [4.78, 5) is 21.0. The van der Waals surface area contributed by atoms with Gasteiger partial charge in [0, 0.05) is 36.8 Å². The van der Waals surface area contributed by atoms with Crippen LogP contribution in [0.15, 0.2) is 30.5 Å². The van der Waals surface area contributed by atoms with Crippen molar-refractivity contribution in [2.24, 2.45) is 5.92 Å². The van der Waals surface area contributed by atoms with Gasteiger partial charge in [-0.3, -0.25) is 4.90 Å². The number of halogens is 3. The van der Waals surface area contributed by atoms with Crippen LogP contribution in [-0.4, -0.2) is 34.1 Å². The first-order valence-corrected chi connectivity index (χ1v) is 9.06. The van der Waals surface area contributed by atoms with E-state index >= 15 is 0 Å². The number of aromatic nitrogens is 2. The number of nitrogens with two attached hydrogens (primary N) is 1. The van der Waals surface area contributed by atoms with Crippen molar-refractivity contribution >= 4 is 17.7 Å². The first-order valence-electron chi connectivity index (χ1n) is 9.06. The number of fused-ring (bicyclic) bond motifs is 1. The number of alkyl halides is 3. The molecule has 150 valence electrons. The summed E-state index contributed by atoms with van der Waals surface area (Å²) in [7, 11) is 1.12. The van der Waals surface area contributed by atoms with Gasteiger partial charge in [0.05, 0.1) is 5.69 Å². The van der Waals surface area contributed by atoms with E-state index in [-0.39, 0.29) is 23.1 Å². The minimum absolute atomic E-state index is 0.0430. The van der Waals surface area contributed by atoms with Crippen molar-refractivity contribution in [3.05, 3.63) is 47.3 Å². The third-order valence-corrected chi connectivity index (χ3v) is 5.09. The molecule has 0 saturated heterocycles. The van der Waals surface area contributed by atoms with Gasteiger partial charge in [-0.25, -0.2) is 14.8 Å². The third-order valence-electron chi connectivity index (χ3n) is 5.09. The van der Waals surface area contributed by atoms with Crippen molar-refractivity contribution in [3.8, 4) is 11.8 Å². The lowest BCUT2D eigenvalue weighted by Gasteiger charge is -2.43. The highest BCUT2D eigenvalue weighted by Crippen LogP contribution is 2.48. The lowest BCUT2D eigenvalue weighted by Crippen LogP contribution is -2.59. The molecule has 1 aromatic carbocycles. The molecule has 29 heavy (non-hydrogen) atoms. The molecule has 0 unspecified atom stereocenters. The number of anilines is 2. The van der Waals surface area contributed by atoms with Crippen LogP contribution in [0.4, 0.5) is 29.6 Å². The molecule has 2 heterocycles. The van der Waals surface area contributed by atoms with Gasteiger partial charge in [0.25, 0.3) is 0 Å². The van der Waals surface area contributed by atoms with Gasteiger partial charge >= 0.3 is 12.2 Å². The number of urea groups is 1. The van der Waals surface area contributed by atoms with Crippen LogP contribution in [0.1, 0.15) is 29.7 Å². The molecule has 1 fully saturated rings. The first-order chi connectivity index (χ1) is 13.7. The molecule has 0 radical (unpaired) electrons. The molecule has 1 aliphatic heterocycles. The molecule has 1 atom stereocenters. The SMILES string of the molecule is CN1C(=O)Nc2cc(Cc3ccnc(N)n3)ccc2[C@@]1(C#CC1CC1)C(F)(F)F. The molecule has 2 aliphatic rings. The van der Waals surface area contributed by atoms with Gasteiger partial charge in [0.2, 0.25) is 11.5 Å². The molecule has 6 nitrogen and oxygen atoms in total. The fraction of sp³-hybridized carbons (Fsp3) is 0.350. The minimum Gasteiger partial charge on any atom is -0.368 e. The normalized spacial score (nSPS) is 21.1. The van der Waals surface area contributed by atoms with Crippen LogP contribution in [0.5, 0.6) is 0 Å². The Morgan fingerprint density at radius 1 is 1.34 bits per heavy atom. The van der Waals surface area contributed by atoms with Gasteiger partial charge in [0.15, 0.2) is 0 Å². The number of carbonyl (C=O) groups excluding carboxylic acids is 1. The summed E-state index contributed by atoms with van der Waals surface area (Å²) in [6.45, 7) is 0. The van der Waals surface area contributed by atoms with Crippen molar-refractivity contribution in [3.63, 3.8) is 0 Å². The number of nitrogens with one attached hydrogen (secondary N) is 1. The maximum Gasteiger partial charge on any atom is 0.427 e. The predicted octanol–water partition coefficient (Wildman–Crippen LogP) is 3.30. The minimum atomic E-state index is -4.77. The summed E-state index contributed by atoms with van der Waals surface area (Å²) in [6.07, 6.45) is -1.36. The van der Waals surface area contributed by atoms with E-state index in [1.807, 2.05) is 0 Å². The maximum atomic E-state index is 14.3. The second-order valence-corrected chi connectivity index (χ2v) is 7.20. The molecule has 1 aromatic heterocycles. The number of nitrogen functional groups attached to an aromatic ring is 1. The highest BCUT2D eigenvalue weighted by atomic mass is 19.4. The van der Waals surface area contributed by atoms with Gasteiger partial charge in [-0.05, 0) is 30.5 Å². The Morgan fingerprint density at radius 3 is 2.76 bits per heavy atom. The van der Waals surface area contributed by atoms with E-state index in [9.17, 15) is 18.0 Å². The lowest BCUT2D eigenvalue weighted by molar-refractivity contribution is -0.203. The number of carbonyl (C=O) groups is 1. The topological polar surface area (TPSA) is 84.1 Å². The quantitative estimate of drug-likeness (QED) is 0.757. The molecule has 1 saturated carbocycles. The van der Waals surface area contributed by atoms with Gasteiger partial charge in [-0.1, -0.05) is 24.0 Å². The largest absolute Gasteiger partial charge is 0.427 e. The van der Waals surface area contributed by atoms with E-state index in [2.05, 4.69) is 27.1 Å². The van der Waals surface area contributed by atoms with Crippen molar-refractivity contribution in [2.75, 3.05) is 18.1 Å². The van der Waals surface area contributed by atoms with Crippen LogP contribution in [-0.2, 0) is 12.0 Å². The van der Waals surface area contributed by atoms with Gasteiger partial charge in [0.1, 0.15) is 0 Å². The van der Waals surface area contributed by atoms with Crippen LogP contribution in [0.3, 0.4) is 0 Å². The first kappa shape index (κ1) is 19.1. The summed E-state index contributed by atoms with van der Waals surface area (Å²) in [5, 5.41) is 2.54. The van der Waals surface area contributed by atoms with E-state index in [0.717, 1.165) is 19.9 Å². The molecule has 3 N–H and O–H groups in total. The average molecular weight is 401 g/mol. The van der Waals surface area contributed by atoms with Crippen molar-refractivity contribution in [1.29, 1.82) is 0 Å². The Kier molecular flexibility index (Phi) is 4.37. The molecular weight excluding hydrogens is 383 g/mol. The van der Waals surface area contributed by atoms with Crippen LogP contribution in [0.25, 0.3) is 0 Å². The fourth-order valence-electron chi connectivity index (χ4n) is 3.37. The van der Waals surface area contributed by atoms with E-state index < -0.39 is 17.7 Å². The van der Waals surface area contributed by atoms with Crippen LogP contribution in [0, 0.1) is 17.8 Å². The molecular formula is C20H18F3N5O. The average Bonchev–Trinajstić information content (AvgIpc) is 3.46. The molecule has 1 aliphatic carbocycles. The van der Waals surface area contributed by atoms with E-state index in [1.165, 1.54) is 18.3 Å². The van der Waals surface area contributed by atoms with Crippen LogP contribution in [0.2, 0.25) is 0 Å². The standard InChI is InChI=1S/C20H18F3N5O/c1-28-18(29)27-16-11-13(10-14-7-9-25-17(24)26-14)4-5-15(16)19(28,20(21,22)23)8-6-12-2-3-12/h4-5,7,9,11-12H,2-3,10H2,1H3,(H,27,29)(H2,24,25,26)/t19-/m0/s1. The Hall–Kier alpha value is -3.28. The zero-order valence-electron chi connectivity index (χ0n) is 15.5. The van der Waals surface area contributed by atoms with Crippen LogP contribution < -0.4 is 11.1 Å². The van der Waals surface area contributed by atoms with Crippen molar-refractivity contribution in [1.82, 2.24) is 14.9 Å². The van der Waals surface area contributed by atoms with Crippen LogP contribution >= 0.6 is 0 Å². The monoisotopic (exact) mass is 401 g/mol. The van der Waals surface area contributed by atoms with Crippen molar-refractivity contribution in [2.45, 2.75) is 31.0 Å². The van der Waals surface area contributed by atoms with Crippen molar-refractivity contribution < 1.29 is 18.0 Å². The molecule has 0 bridgehead atoms. The molecule has 2 aromatic rings. The number of hydrogen-bond acceptors (Lipinski definition) is 4. The Bertz CT molecular complexity index is 1040. The smallest absolute Gasteiger partial charge is 0.368 e. The summed E-state index contributed by atoms with van der Waals surface area (Å²) in [5.41, 5.74) is 4.19. The fourth-order valence-corrected chi connectivity index (χ4v) is 3.37. The molecule has 0 spiro atoms. The highest BCUT2D eigenvalue weighted by molar-refractivity contribution is 5.94. The molecule has 2 amide bonds. The maximum absolute atomic E-state index is 14.3. The van der Waals surface area contributed by atoms with Gasteiger partial charge in [-0.2, -0.15) is 13.2 Å². The molecule has 9 heteroatoms. The summed E-state index contributed by atoms with van der Waals surface area (Å²) < 4.78 is 42.9. The summed E-state index contributed by atoms with van der Waals surface area (Å²) in [6, 6.07) is 5.30. The lowest BCUT2D eigenvalue weighted by atomic mass is 9.84. The Morgan fingerprint density at radius 2 is 2.10 bits per heavy atom. The number of benzene rings is 1. The second-order valence-electron chi connectivity index (χ2n) is 7.20.